The van der Waals surface area contributed by atoms with E-state index >= 15 is 0 Å². The number of halogens is 2. The Bertz CT molecular complexity index is 1960. The molecule has 2 saturated heterocycles. The van der Waals surface area contributed by atoms with E-state index in [0.717, 1.165) is 24.5 Å². The highest BCUT2D eigenvalue weighted by Gasteiger charge is 2.54. The molecule has 0 amide bonds. The van der Waals surface area contributed by atoms with E-state index < -0.39 is 15.6 Å². The van der Waals surface area contributed by atoms with Crippen molar-refractivity contribution in [2.24, 2.45) is 5.41 Å². The van der Waals surface area contributed by atoms with Crippen molar-refractivity contribution in [2.45, 2.75) is 0 Å². The minimum atomic E-state index is -3.11. The zero-order chi connectivity index (χ0) is 27.8. The van der Waals surface area contributed by atoms with Gasteiger partial charge in [-0.1, -0.05) is 29.3 Å². The van der Waals surface area contributed by atoms with Crippen LogP contribution in [0.5, 0.6) is 0 Å². The molecule has 0 radical (unpaired) electrons. The largest absolute Gasteiger partial charge is 0.370 e. The maximum Gasteiger partial charge on any atom is 0.270 e. The van der Waals surface area contributed by atoms with Crippen molar-refractivity contribution in [1.82, 2.24) is 28.2 Å². The Balaban J connectivity index is 1.14. The molecule has 40 heavy (non-hydrogen) atoms. The minimum absolute atomic E-state index is 0.0628. The molecule has 0 atom stereocenters. The fourth-order valence-electron chi connectivity index (χ4n) is 5.48. The molecular formula is C26H22Cl2N8O3S. The summed E-state index contributed by atoms with van der Waals surface area (Å²) in [4.78, 5) is 29.2. The van der Waals surface area contributed by atoms with Crippen LogP contribution in [-0.4, -0.2) is 69.1 Å². The first kappa shape index (κ1) is 25.3. The summed E-state index contributed by atoms with van der Waals surface area (Å²) in [7, 11) is -3.11. The molecule has 0 bridgehead atoms. The minimum Gasteiger partial charge on any atom is -0.370 e. The number of benzene rings is 2. The van der Waals surface area contributed by atoms with Gasteiger partial charge in [0.05, 0.1) is 22.0 Å². The monoisotopic (exact) mass is 596 g/mol. The molecule has 2 aliphatic rings. The van der Waals surface area contributed by atoms with E-state index in [-0.39, 0.29) is 10.8 Å². The molecule has 2 aromatic carbocycles. The Morgan fingerprint density at radius 3 is 2.35 bits per heavy atom. The van der Waals surface area contributed by atoms with Crippen LogP contribution in [0, 0.1) is 5.41 Å². The van der Waals surface area contributed by atoms with Crippen molar-refractivity contribution >= 4 is 67.4 Å². The number of hydrogen-bond donors (Lipinski definition) is 1. The van der Waals surface area contributed by atoms with Crippen LogP contribution < -0.4 is 15.8 Å². The highest BCUT2D eigenvalue weighted by Crippen LogP contribution is 2.43. The molecule has 2 aliphatic heterocycles. The molecule has 11 nitrogen and oxygen atoms in total. The lowest BCUT2D eigenvalue weighted by molar-refractivity contribution is 0.0400. The molecule has 0 aliphatic carbocycles. The maximum atomic E-state index is 13.5. The lowest BCUT2D eigenvalue weighted by Gasteiger charge is -2.60. The van der Waals surface area contributed by atoms with Crippen molar-refractivity contribution in [3.63, 3.8) is 0 Å². The van der Waals surface area contributed by atoms with Gasteiger partial charge in [-0.15, -0.1) is 0 Å². The van der Waals surface area contributed by atoms with Crippen molar-refractivity contribution in [3.8, 4) is 5.69 Å². The van der Waals surface area contributed by atoms with E-state index in [0.29, 0.717) is 46.2 Å². The summed E-state index contributed by atoms with van der Waals surface area (Å²) in [5.74, 6) is 0.640. The third-order valence-corrected chi connectivity index (χ3v) is 9.25. The van der Waals surface area contributed by atoms with Gasteiger partial charge in [0.2, 0.25) is 21.7 Å². The number of aromatic nitrogens is 5. The number of fused-ring (bicyclic) bond motifs is 3. The first-order valence-electron chi connectivity index (χ1n) is 12.4. The van der Waals surface area contributed by atoms with E-state index in [1.165, 1.54) is 21.3 Å². The van der Waals surface area contributed by atoms with Crippen molar-refractivity contribution < 1.29 is 8.42 Å². The van der Waals surface area contributed by atoms with E-state index in [9.17, 15) is 13.2 Å². The molecule has 3 aromatic heterocycles. The lowest BCUT2D eigenvalue weighted by Crippen LogP contribution is -2.72. The molecule has 0 unspecified atom stereocenters. The molecule has 1 spiro atoms. The number of anilines is 3. The predicted octanol–water partition coefficient (Wildman–Crippen LogP) is 3.56. The average Bonchev–Trinajstić information content (AvgIpc) is 3.34. The Hall–Kier alpha value is -3.71. The van der Waals surface area contributed by atoms with Crippen LogP contribution in [-0.2, 0) is 10.0 Å². The number of nitrogens with zero attached hydrogens (tertiary/aromatic N) is 7. The number of para-hydroxylation sites is 1. The molecule has 5 heterocycles. The fraction of sp³-hybridized carbons (Fsp3) is 0.231. The van der Waals surface area contributed by atoms with Gasteiger partial charge in [-0.25, -0.2) is 27.3 Å². The van der Waals surface area contributed by atoms with Gasteiger partial charge in [-0.05, 0) is 36.4 Å². The Morgan fingerprint density at radius 2 is 1.68 bits per heavy atom. The average molecular weight is 597 g/mol. The maximum absolute atomic E-state index is 13.5. The number of rotatable bonds is 5. The van der Waals surface area contributed by atoms with E-state index in [2.05, 4.69) is 25.2 Å². The van der Waals surface area contributed by atoms with Gasteiger partial charge in [0.1, 0.15) is 5.39 Å². The molecular weight excluding hydrogens is 575 g/mol. The Morgan fingerprint density at radius 1 is 0.975 bits per heavy atom. The van der Waals surface area contributed by atoms with Gasteiger partial charge in [0.15, 0.2) is 5.65 Å². The molecule has 7 rings (SSSR count). The second kappa shape index (κ2) is 8.90. The number of imidazole rings is 1. The summed E-state index contributed by atoms with van der Waals surface area (Å²) in [6.07, 6.45) is 6.01. The number of sulfonamides is 1. The first-order valence-corrected chi connectivity index (χ1v) is 15.0. The quantitative estimate of drug-likeness (QED) is 0.327. The highest BCUT2D eigenvalue weighted by molar-refractivity contribution is 7.88. The summed E-state index contributed by atoms with van der Waals surface area (Å²) in [5.41, 5.74) is 2.25. The molecule has 14 heteroatoms. The number of hydrogen-bond acceptors (Lipinski definition) is 8. The van der Waals surface area contributed by atoms with Crippen LogP contribution in [0.4, 0.5) is 17.3 Å². The van der Waals surface area contributed by atoms with Crippen LogP contribution in [0.2, 0.25) is 10.0 Å². The zero-order valence-electron chi connectivity index (χ0n) is 21.1. The Kier molecular flexibility index (Phi) is 5.62. The third-order valence-electron chi connectivity index (χ3n) is 7.45. The molecule has 1 N–H and O–H groups in total. The molecule has 5 aromatic rings. The topological polar surface area (TPSA) is 118 Å². The smallest absolute Gasteiger partial charge is 0.270 e. The van der Waals surface area contributed by atoms with E-state index in [1.54, 1.807) is 35.0 Å². The highest BCUT2D eigenvalue weighted by atomic mass is 35.5. The van der Waals surface area contributed by atoms with E-state index in [4.69, 9.17) is 23.2 Å². The van der Waals surface area contributed by atoms with E-state index in [1.807, 2.05) is 24.3 Å². The summed E-state index contributed by atoms with van der Waals surface area (Å²) >= 11 is 12.8. The van der Waals surface area contributed by atoms with Gasteiger partial charge in [0, 0.05) is 61.6 Å². The number of nitrogens with one attached hydrogen (secondary N) is 1. The van der Waals surface area contributed by atoms with Crippen LogP contribution in [0.15, 0.2) is 65.8 Å². The summed E-state index contributed by atoms with van der Waals surface area (Å²) in [6.45, 7) is 2.83. The van der Waals surface area contributed by atoms with Gasteiger partial charge in [-0.2, -0.15) is 4.98 Å². The zero-order valence-corrected chi connectivity index (χ0v) is 23.4. The standard InChI is InChI=1S/C26H22Cl2N8O3S/c1-40(38,39)34-14-26(15-34)12-33(13-26)17-7-5-16(6-8-17)31-24-30-11-18-22(32-24)35-10-9-29-25(35)36(23(18)37)21-19(27)3-2-4-20(21)28/h2-11H,12-15H2,1H3,(H,30,31,32). The van der Waals surface area contributed by atoms with Crippen LogP contribution in [0.1, 0.15) is 0 Å². The summed E-state index contributed by atoms with van der Waals surface area (Å²) in [5, 5.41) is 4.11. The second-order valence-corrected chi connectivity index (χ2v) is 13.1. The summed E-state index contributed by atoms with van der Waals surface area (Å²) in [6, 6.07) is 12.9. The van der Waals surface area contributed by atoms with Crippen molar-refractivity contribution in [2.75, 3.05) is 42.7 Å². The van der Waals surface area contributed by atoms with Gasteiger partial charge >= 0.3 is 0 Å². The summed E-state index contributed by atoms with van der Waals surface area (Å²) < 4.78 is 28.0. The van der Waals surface area contributed by atoms with Crippen LogP contribution in [0.3, 0.4) is 0 Å². The normalized spacial score (nSPS) is 16.8. The molecule has 0 saturated carbocycles. The molecule has 2 fully saturated rings. The lowest BCUT2D eigenvalue weighted by atomic mass is 9.74. The van der Waals surface area contributed by atoms with Gasteiger partial charge < -0.3 is 10.2 Å². The fourth-order valence-corrected chi connectivity index (χ4v) is 7.06. The SMILES string of the molecule is CS(=O)(=O)N1CC2(CN(c3ccc(Nc4ncc5c(=O)n(-c6c(Cl)cccc6Cl)c6nccn6c5n4)cc3)C2)C1. The predicted molar refractivity (Wildman–Crippen MR) is 155 cm³/mol. The van der Waals surface area contributed by atoms with Crippen molar-refractivity contribution in [3.05, 3.63) is 81.5 Å². The molecule has 204 valence electrons. The van der Waals surface area contributed by atoms with Crippen molar-refractivity contribution in [1.29, 1.82) is 0 Å². The van der Waals surface area contributed by atoms with Crippen LogP contribution in [0.25, 0.3) is 22.5 Å². The first-order chi connectivity index (χ1) is 19.1. The Labute approximate surface area is 238 Å². The second-order valence-electron chi connectivity index (χ2n) is 10.3. The van der Waals surface area contributed by atoms with Gasteiger partial charge in [-0.3, -0.25) is 9.20 Å². The van der Waals surface area contributed by atoms with Crippen LogP contribution >= 0.6 is 23.2 Å². The van der Waals surface area contributed by atoms with Gasteiger partial charge in [0.25, 0.3) is 5.56 Å². The third kappa shape index (κ3) is 4.01.